The number of nitrogens with zero attached hydrogens (tertiary/aromatic N) is 1. The van der Waals surface area contributed by atoms with Gasteiger partial charge in [0.15, 0.2) is 0 Å². The first-order valence-corrected chi connectivity index (χ1v) is 5.80. The van der Waals surface area contributed by atoms with Crippen molar-refractivity contribution in [2.45, 2.75) is 19.0 Å². The Bertz CT molecular complexity index is 372. The van der Waals surface area contributed by atoms with Crippen LogP contribution in [0.1, 0.15) is 18.7 Å². The van der Waals surface area contributed by atoms with Crippen LogP contribution < -0.4 is 10.6 Å². The quantitative estimate of drug-likeness (QED) is 0.877. The highest BCUT2D eigenvalue weighted by molar-refractivity contribution is 5.85. The van der Waals surface area contributed by atoms with Crippen molar-refractivity contribution in [2.24, 2.45) is 0 Å². The summed E-state index contributed by atoms with van der Waals surface area (Å²) in [4.78, 5) is 16.1. The Labute approximate surface area is 125 Å². The highest BCUT2D eigenvalue weighted by Crippen LogP contribution is 2.08. The average molecular weight is 308 g/mol. The minimum absolute atomic E-state index is 0. The second kappa shape index (κ2) is 9.09. The summed E-state index contributed by atoms with van der Waals surface area (Å²) in [5.41, 5.74) is 0.859. The molecule has 19 heavy (non-hydrogen) atoms. The first-order valence-electron chi connectivity index (χ1n) is 5.80. The summed E-state index contributed by atoms with van der Waals surface area (Å²) in [6, 6.07) is 5.32. The summed E-state index contributed by atoms with van der Waals surface area (Å²) in [7, 11) is 0. The maximum absolute atomic E-state index is 11.9. The van der Waals surface area contributed by atoms with Crippen molar-refractivity contribution >= 4 is 30.7 Å². The third-order valence-electron chi connectivity index (χ3n) is 2.73. The summed E-state index contributed by atoms with van der Waals surface area (Å²) < 4.78 is 5.25. The third kappa shape index (κ3) is 5.32. The minimum atomic E-state index is -0.255. The summed E-state index contributed by atoms with van der Waals surface area (Å²) in [5.74, 6) is -0.0390. The fourth-order valence-corrected chi connectivity index (χ4v) is 1.75. The van der Waals surface area contributed by atoms with E-state index in [1.165, 1.54) is 0 Å². The Kier molecular flexibility index (Phi) is 8.67. The van der Waals surface area contributed by atoms with E-state index in [0.717, 1.165) is 12.2 Å². The lowest BCUT2D eigenvalue weighted by Crippen LogP contribution is -2.51. The molecule has 0 aromatic carbocycles. The standard InChI is InChI=1S/C12H17N3O2.2ClH/c1-9(10-4-2-3-5-13-10)15-12(16)11-8-17-7-6-14-11;;/h2-5,9,11,14H,6-8H2,1H3,(H,15,16);2*1H. The van der Waals surface area contributed by atoms with Gasteiger partial charge in [0.2, 0.25) is 5.91 Å². The van der Waals surface area contributed by atoms with Crippen molar-refractivity contribution in [3.05, 3.63) is 30.1 Å². The number of hydrogen-bond donors (Lipinski definition) is 2. The first-order chi connectivity index (χ1) is 8.27. The van der Waals surface area contributed by atoms with Crippen LogP contribution >= 0.6 is 24.8 Å². The third-order valence-corrected chi connectivity index (χ3v) is 2.73. The molecule has 7 heteroatoms. The molecular weight excluding hydrogens is 289 g/mol. The predicted octanol–water partition coefficient (Wildman–Crippen LogP) is 1.09. The van der Waals surface area contributed by atoms with Gasteiger partial charge < -0.3 is 15.4 Å². The summed E-state index contributed by atoms with van der Waals surface area (Å²) >= 11 is 0. The van der Waals surface area contributed by atoms with Gasteiger partial charge in [-0.05, 0) is 19.1 Å². The van der Waals surface area contributed by atoms with Crippen molar-refractivity contribution in [1.82, 2.24) is 15.6 Å². The van der Waals surface area contributed by atoms with E-state index in [9.17, 15) is 4.79 Å². The highest BCUT2D eigenvalue weighted by atomic mass is 35.5. The number of ether oxygens (including phenoxy) is 1. The number of morpholine rings is 1. The second-order valence-corrected chi connectivity index (χ2v) is 4.07. The van der Waals surface area contributed by atoms with Gasteiger partial charge in [-0.1, -0.05) is 6.07 Å². The molecule has 5 nitrogen and oxygen atoms in total. The zero-order valence-corrected chi connectivity index (χ0v) is 12.3. The molecule has 2 atom stereocenters. The van der Waals surface area contributed by atoms with Crippen molar-refractivity contribution in [3.8, 4) is 0 Å². The number of amides is 1. The number of rotatable bonds is 3. The number of hydrogen-bond acceptors (Lipinski definition) is 4. The molecule has 0 aliphatic carbocycles. The van der Waals surface area contributed by atoms with E-state index >= 15 is 0 Å². The van der Waals surface area contributed by atoms with E-state index < -0.39 is 0 Å². The Morgan fingerprint density at radius 1 is 1.53 bits per heavy atom. The van der Waals surface area contributed by atoms with Gasteiger partial charge in [-0.3, -0.25) is 9.78 Å². The van der Waals surface area contributed by atoms with Gasteiger partial charge in [0.25, 0.3) is 0 Å². The van der Waals surface area contributed by atoms with E-state index in [0.29, 0.717) is 13.2 Å². The van der Waals surface area contributed by atoms with Crippen LogP contribution in [0.15, 0.2) is 24.4 Å². The van der Waals surface area contributed by atoms with E-state index in [4.69, 9.17) is 4.74 Å². The van der Waals surface area contributed by atoms with Crippen LogP contribution in [0, 0.1) is 0 Å². The number of carbonyl (C=O) groups excluding carboxylic acids is 1. The molecule has 1 amide bonds. The first kappa shape index (κ1) is 18.1. The van der Waals surface area contributed by atoms with Gasteiger partial charge in [-0.25, -0.2) is 0 Å². The van der Waals surface area contributed by atoms with Crippen LogP contribution in [0.2, 0.25) is 0 Å². The zero-order valence-electron chi connectivity index (χ0n) is 10.7. The van der Waals surface area contributed by atoms with Crippen molar-refractivity contribution < 1.29 is 9.53 Å². The summed E-state index contributed by atoms with van der Waals surface area (Å²) in [6.07, 6.45) is 1.72. The summed E-state index contributed by atoms with van der Waals surface area (Å²) in [6.45, 7) is 3.74. The van der Waals surface area contributed by atoms with Crippen LogP contribution in [0.4, 0.5) is 0 Å². The Morgan fingerprint density at radius 2 is 2.32 bits per heavy atom. The van der Waals surface area contributed by atoms with Crippen LogP contribution in [0.25, 0.3) is 0 Å². The number of nitrogens with one attached hydrogen (secondary N) is 2. The van der Waals surface area contributed by atoms with E-state index in [1.807, 2.05) is 25.1 Å². The molecule has 1 aromatic rings. The van der Waals surface area contributed by atoms with Crippen LogP contribution in [-0.2, 0) is 9.53 Å². The van der Waals surface area contributed by atoms with Crippen LogP contribution in [0.5, 0.6) is 0 Å². The van der Waals surface area contributed by atoms with Gasteiger partial charge >= 0.3 is 0 Å². The van der Waals surface area contributed by atoms with Crippen LogP contribution in [0.3, 0.4) is 0 Å². The topological polar surface area (TPSA) is 63.2 Å². The van der Waals surface area contributed by atoms with Gasteiger partial charge in [0.1, 0.15) is 6.04 Å². The molecule has 1 aromatic heterocycles. The molecule has 2 rings (SSSR count). The second-order valence-electron chi connectivity index (χ2n) is 4.07. The Hall–Kier alpha value is -0.880. The van der Waals surface area contributed by atoms with Crippen molar-refractivity contribution in [2.75, 3.05) is 19.8 Å². The molecular formula is C12H19Cl2N3O2. The van der Waals surface area contributed by atoms with Crippen molar-refractivity contribution in [1.29, 1.82) is 0 Å². The maximum atomic E-state index is 11.9. The Morgan fingerprint density at radius 3 is 2.89 bits per heavy atom. The number of carbonyl (C=O) groups is 1. The average Bonchev–Trinajstić information content (AvgIpc) is 2.40. The SMILES string of the molecule is CC(NC(=O)C1COCCN1)c1ccccn1.Cl.Cl. The van der Waals surface area contributed by atoms with Crippen LogP contribution in [-0.4, -0.2) is 36.7 Å². The number of aromatic nitrogens is 1. The monoisotopic (exact) mass is 307 g/mol. The fraction of sp³-hybridized carbons (Fsp3) is 0.500. The molecule has 1 aliphatic heterocycles. The summed E-state index contributed by atoms with van der Waals surface area (Å²) in [5, 5.41) is 6.04. The zero-order chi connectivity index (χ0) is 12.1. The lowest BCUT2D eigenvalue weighted by atomic mass is 10.2. The van der Waals surface area contributed by atoms with E-state index in [1.54, 1.807) is 6.20 Å². The molecule has 108 valence electrons. The van der Waals surface area contributed by atoms with Crippen molar-refractivity contribution in [3.63, 3.8) is 0 Å². The minimum Gasteiger partial charge on any atom is -0.378 e. The molecule has 2 N–H and O–H groups in total. The van der Waals surface area contributed by atoms with E-state index in [-0.39, 0.29) is 42.8 Å². The molecule has 2 heterocycles. The molecule has 0 spiro atoms. The molecule has 1 fully saturated rings. The predicted molar refractivity (Wildman–Crippen MR) is 77.9 cm³/mol. The molecule has 0 bridgehead atoms. The molecule has 0 saturated carbocycles. The Balaban J connectivity index is 0.00000162. The van der Waals surface area contributed by atoms with Gasteiger partial charge in [0, 0.05) is 12.7 Å². The van der Waals surface area contributed by atoms with Gasteiger partial charge in [0.05, 0.1) is 24.9 Å². The molecule has 1 saturated heterocycles. The van der Waals surface area contributed by atoms with Gasteiger partial charge in [-0.15, -0.1) is 24.8 Å². The molecule has 2 unspecified atom stereocenters. The van der Waals surface area contributed by atoms with E-state index in [2.05, 4.69) is 15.6 Å². The number of halogens is 2. The molecule has 1 aliphatic rings. The van der Waals surface area contributed by atoms with Gasteiger partial charge in [-0.2, -0.15) is 0 Å². The number of pyridine rings is 1. The lowest BCUT2D eigenvalue weighted by Gasteiger charge is -2.24. The fourth-order valence-electron chi connectivity index (χ4n) is 1.75. The highest BCUT2D eigenvalue weighted by Gasteiger charge is 2.22. The smallest absolute Gasteiger partial charge is 0.240 e. The molecule has 0 radical (unpaired) electrons. The normalized spacial score (nSPS) is 19.5. The lowest BCUT2D eigenvalue weighted by molar-refractivity contribution is -0.126. The largest absolute Gasteiger partial charge is 0.378 e. The maximum Gasteiger partial charge on any atom is 0.240 e.